The second-order valence-electron chi connectivity index (χ2n) is 4.91. The lowest BCUT2D eigenvalue weighted by atomic mass is 10.1. The summed E-state index contributed by atoms with van der Waals surface area (Å²) in [5, 5.41) is 3.65. The van der Waals surface area contributed by atoms with Crippen LogP contribution in [-0.2, 0) is 9.53 Å². The average Bonchev–Trinajstić information content (AvgIpc) is 2.49. The summed E-state index contributed by atoms with van der Waals surface area (Å²) in [4.78, 5) is 22.8. The van der Waals surface area contributed by atoms with Gasteiger partial charge < -0.3 is 10.1 Å². The van der Waals surface area contributed by atoms with E-state index in [1.165, 1.54) is 0 Å². The largest absolute Gasteiger partial charge is 0.443 e. The summed E-state index contributed by atoms with van der Waals surface area (Å²) in [6.07, 6.45) is 0.0993. The summed E-state index contributed by atoms with van der Waals surface area (Å²) in [6.45, 7) is 6.13. The van der Waals surface area contributed by atoms with Crippen molar-refractivity contribution in [2.24, 2.45) is 11.8 Å². The van der Waals surface area contributed by atoms with Gasteiger partial charge >= 0.3 is 6.09 Å². The third-order valence-electron chi connectivity index (χ3n) is 2.21. The first-order chi connectivity index (χ1) is 7.29. The van der Waals surface area contributed by atoms with E-state index in [2.05, 4.69) is 5.32 Å². The Hall–Kier alpha value is -1.30. The van der Waals surface area contributed by atoms with Gasteiger partial charge in [-0.05, 0) is 27.2 Å². The van der Waals surface area contributed by atoms with E-state index in [1.54, 1.807) is 20.8 Å². The van der Waals surface area contributed by atoms with Crippen molar-refractivity contribution in [2.45, 2.75) is 32.8 Å². The molecular formula is C10H19N3O3. The molecule has 0 saturated carbocycles. The predicted octanol–water partition coefficient (Wildman–Crippen LogP) is 0.233. The molecule has 0 bridgehead atoms. The Balaban J connectivity index is 2.42. The van der Waals surface area contributed by atoms with Gasteiger partial charge in [-0.3, -0.25) is 4.79 Å². The molecule has 16 heavy (non-hydrogen) atoms. The lowest BCUT2D eigenvalue weighted by molar-refractivity contribution is -0.122. The van der Waals surface area contributed by atoms with E-state index in [4.69, 9.17) is 10.6 Å². The zero-order valence-corrected chi connectivity index (χ0v) is 9.95. The summed E-state index contributed by atoms with van der Waals surface area (Å²) in [7, 11) is 0. The fourth-order valence-corrected chi connectivity index (χ4v) is 1.45. The number of hydrazine groups is 1. The van der Waals surface area contributed by atoms with E-state index >= 15 is 0 Å². The van der Waals surface area contributed by atoms with Crippen LogP contribution in [0.1, 0.15) is 27.2 Å². The first-order valence-electron chi connectivity index (χ1n) is 5.32. The number of hydrogen-bond donors (Lipinski definition) is 2. The lowest BCUT2D eigenvalue weighted by Crippen LogP contribution is -2.45. The summed E-state index contributed by atoms with van der Waals surface area (Å²) in [5.74, 6) is 5.26. The highest BCUT2D eigenvalue weighted by Crippen LogP contribution is 2.12. The molecule has 0 spiro atoms. The summed E-state index contributed by atoms with van der Waals surface area (Å²) < 4.78 is 5.08. The van der Waals surface area contributed by atoms with Crippen molar-refractivity contribution in [1.82, 2.24) is 10.3 Å². The second kappa shape index (κ2) is 4.69. The van der Waals surface area contributed by atoms with Crippen molar-refractivity contribution >= 4 is 12.0 Å². The Kier molecular flexibility index (Phi) is 3.74. The molecule has 1 atom stereocenters. The van der Waals surface area contributed by atoms with Gasteiger partial charge in [-0.15, -0.1) is 0 Å². The number of nitrogens with one attached hydrogen (secondary N) is 1. The zero-order chi connectivity index (χ0) is 12.3. The van der Waals surface area contributed by atoms with Crippen molar-refractivity contribution < 1.29 is 14.3 Å². The quantitative estimate of drug-likeness (QED) is 0.403. The number of nitrogens with two attached hydrogens (primary N) is 1. The Bertz CT molecular complexity index is 286. The van der Waals surface area contributed by atoms with Crippen molar-refractivity contribution in [3.8, 4) is 0 Å². The summed E-state index contributed by atoms with van der Waals surface area (Å²) >= 11 is 0. The van der Waals surface area contributed by atoms with Gasteiger partial charge in [-0.1, -0.05) is 0 Å². The van der Waals surface area contributed by atoms with E-state index in [-0.39, 0.29) is 18.4 Å². The molecule has 1 unspecified atom stereocenters. The van der Waals surface area contributed by atoms with E-state index in [0.717, 1.165) is 5.01 Å². The molecule has 1 rings (SSSR count). The second-order valence-corrected chi connectivity index (χ2v) is 4.91. The molecule has 2 amide bonds. The maximum absolute atomic E-state index is 11.5. The molecule has 1 aliphatic rings. The molecule has 92 valence electrons. The van der Waals surface area contributed by atoms with Gasteiger partial charge in [0.2, 0.25) is 5.91 Å². The normalized spacial score (nSPS) is 20.5. The molecule has 1 heterocycles. The van der Waals surface area contributed by atoms with E-state index in [1.807, 2.05) is 0 Å². The molecule has 1 aliphatic heterocycles. The third kappa shape index (κ3) is 3.69. The van der Waals surface area contributed by atoms with Crippen LogP contribution >= 0.6 is 0 Å². The van der Waals surface area contributed by atoms with Crippen LogP contribution in [0.3, 0.4) is 0 Å². The van der Waals surface area contributed by atoms with Crippen LogP contribution in [0.25, 0.3) is 0 Å². The minimum Gasteiger partial charge on any atom is -0.443 e. The molecule has 1 saturated heterocycles. The maximum atomic E-state index is 11.5. The molecule has 0 aromatic heterocycles. The molecular weight excluding hydrogens is 210 g/mol. The number of nitrogens with zero attached hydrogens (tertiary/aromatic N) is 1. The molecule has 0 aliphatic carbocycles. The SMILES string of the molecule is CC(C)(C)OC(=O)N(N)CC1CCNC1=O. The van der Waals surface area contributed by atoms with Crippen LogP contribution in [-0.4, -0.2) is 35.7 Å². The molecule has 0 aromatic carbocycles. The van der Waals surface area contributed by atoms with Crippen LogP contribution in [0.15, 0.2) is 0 Å². The smallest absolute Gasteiger partial charge is 0.424 e. The van der Waals surface area contributed by atoms with Crippen LogP contribution in [0, 0.1) is 5.92 Å². The highest BCUT2D eigenvalue weighted by Gasteiger charge is 2.28. The van der Waals surface area contributed by atoms with Crippen LogP contribution in [0.5, 0.6) is 0 Å². The highest BCUT2D eigenvalue weighted by atomic mass is 16.6. The fraction of sp³-hybridized carbons (Fsp3) is 0.800. The molecule has 3 N–H and O–H groups in total. The van der Waals surface area contributed by atoms with Crippen LogP contribution in [0.4, 0.5) is 4.79 Å². The van der Waals surface area contributed by atoms with E-state index in [9.17, 15) is 9.59 Å². The number of hydrogen-bond acceptors (Lipinski definition) is 4. The monoisotopic (exact) mass is 229 g/mol. The van der Waals surface area contributed by atoms with Crippen LogP contribution < -0.4 is 11.2 Å². The Morgan fingerprint density at radius 1 is 1.62 bits per heavy atom. The van der Waals surface area contributed by atoms with Crippen LogP contribution in [0.2, 0.25) is 0 Å². The van der Waals surface area contributed by atoms with Gasteiger partial charge in [0.25, 0.3) is 0 Å². The maximum Gasteiger partial charge on any atom is 0.424 e. The Labute approximate surface area is 95.1 Å². The molecule has 0 aromatic rings. The standard InChI is InChI=1S/C10H19N3O3/c1-10(2,3)16-9(15)13(11)6-7-4-5-12-8(7)14/h7H,4-6,11H2,1-3H3,(H,12,14). The lowest BCUT2D eigenvalue weighted by Gasteiger charge is -2.25. The van der Waals surface area contributed by atoms with Crippen molar-refractivity contribution in [3.05, 3.63) is 0 Å². The van der Waals surface area contributed by atoms with E-state index in [0.29, 0.717) is 13.0 Å². The van der Waals surface area contributed by atoms with Gasteiger partial charge in [0.1, 0.15) is 5.60 Å². The topological polar surface area (TPSA) is 84.7 Å². The highest BCUT2D eigenvalue weighted by molar-refractivity contribution is 5.81. The molecule has 6 nitrogen and oxygen atoms in total. The number of amides is 2. The van der Waals surface area contributed by atoms with Gasteiger partial charge in [0.15, 0.2) is 0 Å². The average molecular weight is 229 g/mol. The number of rotatable bonds is 2. The number of ether oxygens (including phenoxy) is 1. The van der Waals surface area contributed by atoms with Gasteiger partial charge in [-0.2, -0.15) is 0 Å². The number of carbonyl (C=O) groups excluding carboxylic acids is 2. The molecule has 1 fully saturated rings. The van der Waals surface area contributed by atoms with Crippen molar-refractivity contribution in [2.75, 3.05) is 13.1 Å². The fourth-order valence-electron chi connectivity index (χ4n) is 1.45. The van der Waals surface area contributed by atoms with Gasteiger partial charge in [-0.25, -0.2) is 15.6 Å². The number of carbonyl (C=O) groups is 2. The van der Waals surface area contributed by atoms with Gasteiger partial charge in [0.05, 0.1) is 12.5 Å². The summed E-state index contributed by atoms with van der Waals surface area (Å²) in [6, 6.07) is 0. The molecule has 6 heteroatoms. The minimum absolute atomic E-state index is 0.0565. The summed E-state index contributed by atoms with van der Waals surface area (Å²) in [5.41, 5.74) is -0.577. The van der Waals surface area contributed by atoms with Gasteiger partial charge in [0, 0.05) is 6.54 Å². The first-order valence-corrected chi connectivity index (χ1v) is 5.32. The first kappa shape index (κ1) is 12.8. The predicted molar refractivity (Wildman–Crippen MR) is 58.2 cm³/mol. The third-order valence-corrected chi connectivity index (χ3v) is 2.21. The van der Waals surface area contributed by atoms with E-state index < -0.39 is 11.7 Å². The van der Waals surface area contributed by atoms with Crippen molar-refractivity contribution in [1.29, 1.82) is 0 Å². The van der Waals surface area contributed by atoms with Crippen molar-refractivity contribution in [3.63, 3.8) is 0 Å². The minimum atomic E-state index is -0.604. The Morgan fingerprint density at radius 2 is 2.25 bits per heavy atom. The molecule has 0 radical (unpaired) electrons. The Morgan fingerprint density at radius 3 is 2.69 bits per heavy atom. The zero-order valence-electron chi connectivity index (χ0n) is 9.95.